The molecule has 0 aliphatic carbocycles. The number of amides is 2. The van der Waals surface area contributed by atoms with Crippen molar-refractivity contribution < 1.29 is 19.1 Å². The van der Waals surface area contributed by atoms with Gasteiger partial charge in [0.2, 0.25) is 11.8 Å². The van der Waals surface area contributed by atoms with E-state index in [9.17, 15) is 9.59 Å². The molecule has 0 saturated heterocycles. The maximum absolute atomic E-state index is 12.1. The summed E-state index contributed by atoms with van der Waals surface area (Å²) in [6.45, 7) is 5.16. The quantitative estimate of drug-likeness (QED) is 0.870. The molecule has 1 rings (SSSR count). The molecule has 21 heavy (non-hydrogen) atoms. The Balaban J connectivity index is 2.85. The summed E-state index contributed by atoms with van der Waals surface area (Å²) in [5.74, 6) is 0.713. The van der Waals surface area contributed by atoms with Gasteiger partial charge in [-0.15, -0.1) is 0 Å². The first kappa shape index (κ1) is 16.8. The molecule has 0 atom stereocenters. The van der Waals surface area contributed by atoms with E-state index in [0.29, 0.717) is 17.2 Å². The van der Waals surface area contributed by atoms with Crippen molar-refractivity contribution in [1.29, 1.82) is 0 Å². The summed E-state index contributed by atoms with van der Waals surface area (Å²) in [5.41, 5.74) is 0.508. The average molecular weight is 294 g/mol. The van der Waals surface area contributed by atoms with Gasteiger partial charge in [0.05, 0.1) is 19.9 Å². The van der Waals surface area contributed by atoms with E-state index in [1.54, 1.807) is 25.3 Å². The molecular weight excluding hydrogens is 272 g/mol. The van der Waals surface area contributed by atoms with Gasteiger partial charge in [-0.2, -0.15) is 0 Å². The van der Waals surface area contributed by atoms with Crippen LogP contribution in [0.1, 0.15) is 20.8 Å². The van der Waals surface area contributed by atoms with E-state index in [-0.39, 0.29) is 24.4 Å². The summed E-state index contributed by atoms with van der Waals surface area (Å²) in [4.78, 5) is 25.1. The molecule has 0 aliphatic heterocycles. The van der Waals surface area contributed by atoms with Gasteiger partial charge in [0.25, 0.3) is 0 Å². The van der Waals surface area contributed by atoms with Crippen LogP contribution in [-0.4, -0.2) is 43.5 Å². The summed E-state index contributed by atoms with van der Waals surface area (Å²) in [6, 6.07) is 5.08. The van der Waals surface area contributed by atoms with Crippen LogP contribution in [0.15, 0.2) is 18.2 Å². The third kappa shape index (κ3) is 4.66. The van der Waals surface area contributed by atoms with Crippen LogP contribution in [0.2, 0.25) is 0 Å². The number of rotatable bonds is 6. The van der Waals surface area contributed by atoms with Crippen LogP contribution < -0.4 is 14.8 Å². The van der Waals surface area contributed by atoms with Gasteiger partial charge in [-0.05, 0) is 26.0 Å². The van der Waals surface area contributed by atoms with Crippen molar-refractivity contribution >= 4 is 17.5 Å². The predicted octanol–water partition coefficient (Wildman–Crippen LogP) is 1.90. The second kappa shape index (κ2) is 7.52. The first-order valence-electron chi connectivity index (χ1n) is 6.68. The molecule has 1 aromatic rings. The highest BCUT2D eigenvalue weighted by molar-refractivity contribution is 5.95. The lowest BCUT2D eigenvalue weighted by Crippen LogP contribution is -2.41. The number of nitrogens with zero attached hydrogens (tertiary/aromatic N) is 1. The van der Waals surface area contributed by atoms with Crippen molar-refractivity contribution in [1.82, 2.24) is 4.90 Å². The maximum atomic E-state index is 12.1. The van der Waals surface area contributed by atoms with E-state index in [0.717, 1.165) is 0 Å². The van der Waals surface area contributed by atoms with Crippen LogP contribution in [0.25, 0.3) is 0 Å². The van der Waals surface area contributed by atoms with Crippen LogP contribution in [0.3, 0.4) is 0 Å². The number of ether oxygens (including phenoxy) is 2. The second-order valence-electron chi connectivity index (χ2n) is 4.86. The fourth-order valence-electron chi connectivity index (χ4n) is 1.91. The smallest absolute Gasteiger partial charge is 0.244 e. The SMILES string of the molecule is COc1ccc(OC)c(NC(=O)CN(C(C)=O)C(C)C)c1. The molecule has 0 fully saturated rings. The zero-order valence-corrected chi connectivity index (χ0v) is 13.1. The van der Waals surface area contributed by atoms with Gasteiger partial charge in [-0.25, -0.2) is 0 Å². The van der Waals surface area contributed by atoms with Crippen LogP contribution in [0.4, 0.5) is 5.69 Å². The Hall–Kier alpha value is -2.24. The number of hydrogen-bond acceptors (Lipinski definition) is 4. The predicted molar refractivity (Wildman–Crippen MR) is 80.7 cm³/mol. The van der Waals surface area contributed by atoms with Gasteiger partial charge in [-0.3, -0.25) is 9.59 Å². The molecule has 116 valence electrons. The zero-order chi connectivity index (χ0) is 16.0. The molecule has 0 bridgehead atoms. The van der Waals surface area contributed by atoms with E-state index in [4.69, 9.17) is 9.47 Å². The number of benzene rings is 1. The highest BCUT2D eigenvalue weighted by Crippen LogP contribution is 2.28. The number of anilines is 1. The van der Waals surface area contributed by atoms with Crippen molar-refractivity contribution in [3.8, 4) is 11.5 Å². The standard InChI is InChI=1S/C15H22N2O4/c1-10(2)17(11(3)18)9-15(19)16-13-8-12(20-4)6-7-14(13)21-5/h6-8,10H,9H2,1-5H3,(H,16,19). The van der Waals surface area contributed by atoms with Crippen molar-refractivity contribution in [3.63, 3.8) is 0 Å². The van der Waals surface area contributed by atoms with Crippen LogP contribution in [0, 0.1) is 0 Å². The Bertz CT molecular complexity index is 514. The lowest BCUT2D eigenvalue weighted by atomic mass is 10.2. The van der Waals surface area contributed by atoms with Crippen LogP contribution in [-0.2, 0) is 9.59 Å². The molecule has 6 heteroatoms. The fourth-order valence-corrected chi connectivity index (χ4v) is 1.91. The third-order valence-electron chi connectivity index (χ3n) is 3.02. The molecule has 0 radical (unpaired) electrons. The summed E-state index contributed by atoms with van der Waals surface area (Å²) >= 11 is 0. The third-order valence-corrected chi connectivity index (χ3v) is 3.02. The van der Waals surface area contributed by atoms with E-state index < -0.39 is 0 Å². The molecule has 0 unspecified atom stereocenters. The molecule has 0 aliphatic rings. The largest absolute Gasteiger partial charge is 0.497 e. The van der Waals surface area contributed by atoms with Gasteiger partial charge in [0, 0.05) is 19.0 Å². The summed E-state index contributed by atoms with van der Waals surface area (Å²) in [7, 11) is 3.07. The van der Waals surface area contributed by atoms with Crippen molar-refractivity contribution in [2.45, 2.75) is 26.8 Å². The van der Waals surface area contributed by atoms with E-state index in [2.05, 4.69) is 5.32 Å². The number of hydrogen-bond donors (Lipinski definition) is 1. The first-order chi connectivity index (χ1) is 9.88. The van der Waals surface area contributed by atoms with Crippen LogP contribution in [0.5, 0.6) is 11.5 Å². The monoisotopic (exact) mass is 294 g/mol. The van der Waals surface area contributed by atoms with Gasteiger partial charge in [-0.1, -0.05) is 0 Å². The normalized spacial score (nSPS) is 10.2. The van der Waals surface area contributed by atoms with E-state index in [1.165, 1.54) is 18.9 Å². The number of methoxy groups -OCH3 is 2. The van der Waals surface area contributed by atoms with E-state index in [1.807, 2.05) is 13.8 Å². The van der Waals surface area contributed by atoms with Crippen molar-refractivity contribution in [2.24, 2.45) is 0 Å². The van der Waals surface area contributed by atoms with Crippen LogP contribution >= 0.6 is 0 Å². The van der Waals surface area contributed by atoms with Gasteiger partial charge in [0.1, 0.15) is 18.0 Å². The summed E-state index contributed by atoms with van der Waals surface area (Å²) in [6.07, 6.45) is 0. The number of carbonyl (C=O) groups is 2. The molecular formula is C15H22N2O4. The Morgan fingerprint density at radius 3 is 2.38 bits per heavy atom. The first-order valence-corrected chi connectivity index (χ1v) is 6.68. The Labute approximate surface area is 125 Å². The number of carbonyl (C=O) groups excluding carboxylic acids is 2. The molecule has 6 nitrogen and oxygen atoms in total. The van der Waals surface area contributed by atoms with Gasteiger partial charge < -0.3 is 19.7 Å². The fraction of sp³-hybridized carbons (Fsp3) is 0.467. The number of nitrogens with one attached hydrogen (secondary N) is 1. The van der Waals surface area contributed by atoms with E-state index >= 15 is 0 Å². The summed E-state index contributed by atoms with van der Waals surface area (Å²) in [5, 5.41) is 2.74. The lowest BCUT2D eigenvalue weighted by Gasteiger charge is -2.24. The molecule has 1 N–H and O–H groups in total. The minimum atomic E-state index is -0.287. The minimum absolute atomic E-state index is 0.00658. The molecule has 0 saturated carbocycles. The average Bonchev–Trinajstić information content (AvgIpc) is 2.43. The topological polar surface area (TPSA) is 67.9 Å². The maximum Gasteiger partial charge on any atom is 0.244 e. The van der Waals surface area contributed by atoms with Crippen molar-refractivity contribution in [2.75, 3.05) is 26.1 Å². The molecule has 2 amide bonds. The van der Waals surface area contributed by atoms with Gasteiger partial charge in [0.15, 0.2) is 0 Å². The Kier molecular flexibility index (Phi) is 6.02. The Morgan fingerprint density at radius 2 is 1.90 bits per heavy atom. The van der Waals surface area contributed by atoms with Gasteiger partial charge >= 0.3 is 0 Å². The van der Waals surface area contributed by atoms with Crippen molar-refractivity contribution in [3.05, 3.63) is 18.2 Å². The molecule has 0 aromatic heterocycles. The molecule has 0 spiro atoms. The summed E-state index contributed by atoms with van der Waals surface area (Å²) < 4.78 is 10.3. The lowest BCUT2D eigenvalue weighted by molar-refractivity contribution is -0.134. The zero-order valence-electron chi connectivity index (χ0n) is 13.1. The highest BCUT2D eigenvalue weighted by atomic mass is 16.5. The second-order valence-corrected chi connectivity index (χ2v) is 4.86. The highest BCUT2D eigenvalue weighted by Gasteiger charge is 2.17. The molecule has 0 heterocycles. The minimum Gasteiger partial charge on any atom is -0.497 e. The molecule has 1 aromatic carbocycles. The Morgan fingerprint density at radius 1 is 1.24 bits per heavy atom.